The van der Waals surface area contributed by atoms with Crippen LogP contribution >= 0.6 is 0 Å². The number of carboxylic acid groups (broad SMARTS) is 1. The molecule has 2 aliphatic heterocycles. The Morgan fingerprint density at radius 1 is 1.45 bits per heavy atom. The zero-order chi connectivity index (χ0) is 15.1. The van der Waals surface area contributed by atoms with Crippen molar-refractivity contribution in [2.45, 2.75) is 63.8 Å². The maximum atomic E-state index is 12.0. The Hall–Kier alpha value is -1.14. The Bertz CT molecular complexity index is 419. The topological polar surface area (TPSA) is 78.9 Å². The van der Waals surface area contributed by atoms with Crippen LogP contribution in [0.2, 0.25) is 0 Å². The molecule has 0 aromatic heterocycles. The molecule has 2 aliphatic rings. The Labute approximate surface area is 119 Å². The van der Waals surface area contributed by atoms with Crippen LogP contribution in [0.25, 0.3) is 0 Å². The number of hydrogen-bond acceptors (Lipinski definition) is 4. The van der Waals surface area contributed by atoms with Gasteiger partial charge in [0.05, 0.1) is 17.6 Å². The highest BCUT2D eigenvalue weighted by molar-refractivity contribution is 5.86. The second-order valence-corrected chi connectivity index (χ2v) is 6.83. The van der Waals surface area contributed by atoms with Gasteiger partial charge < -0.3 is 15.2 Å². The van der Waals surface area contributed by atoms with Crippen LogP contribution < -0.4 is 5.32 Å². The van der Waals surface area contributed by atoms with Gasteiger partial charge in [-0.05, 0) is 34.1 Å². The summed E-state index contributed by atoms with van der Waals surface area (Å²) in [5, 5.41) is 11.8. The number of carbonyl (C=O) groups is 2. The molecule has 0 aromatic carbocycles. The number of carbonyl (C=O) groups excluding carboxylic acids is 1. The predicted octanol–water partition coefficient (Wildman–Crippen LogP) is 0.608. The first kappa shape index (κ1) is 15.3. The summed E-state index contributed by atoms with van der Waals surface area (Å²) in [7, 11) is 0. The lowest BCUT2D eigenvalue weighted by molar-refractivity contribution is -0.145. The first-order valence-electron chi connectivity index (χ1n) is 7.08. The first-order valence-corrected chi connectivity index (χ1v) is 7.08. The van der Waals surface area contributed by atoms with Crippen LogP contribution in [0.15, 0.2) is 0 Å². The average Bonchev–Trinajstić information content (AvgIpc) is 2.49. The van der Waals surface area contributed by atoms with Gasteiger partial charge in [0.25, 0.3) is 0 Å². The maximum Gasteiger partial charge on any atom is 0.305 e. The van der Waals surface area contributed by atoms with Crippen molar-refractivity contribution in [3.8, 4) is 0 Å². The lowest BCUT2D eigenvalue weighted by Crippen LogP contribution is -2.62. The minimum absolute atomic E-state index is 0.0490. The fraction of sp³-hybridized carbons (Fsp3) is 0.857. The van der Waals surface area contributed by atoms with Crippen LogP contribution in [0.4, 0.5) is 0 Å². The Morgan fingerprint density at radius 3 is 2.60 bits per heavy atom. The third-order valence-electron chi connectivity index (χ3n) is 4.17. The van der Waals surface area contributed by atoms with Gasteiger partial charge in [-0.1, -0.05) is 0 Å². The van der Waals surface area contributed by atoms with E-state index in [1.165, 1.54) is 0 Å². The molecule has 114 valence electrons. The molecule has 2 rings (SSSR count). The number of amides is 1. The fourth-order valence-electron chi connectivity index (χ4n) is 3.53. The number of aliphatic carboxylic acids is 1. The smallest absolute Gasteiger partial charge is 0.305 e. The second kappa shape index (κ2) is 5.00. The summed E-state index contributed by atoms with van der Waals surface area (Å²) in [6.07, 6.45) is 0.627. The largest absolute Gasteiger partial charge is 0.481 e. The molecule has 2 unspecified atom stereocenters. The predicted molar refractivity (Wildman–Crippen MR) is 73.4 cm³/mol. The number of nitrogens with zero attached hydrogens (tertiary/aromatic N) is 1. The molecule has 20 heavy (non-hydrogen) atoms. The average molecular weight is 284 g/mol. The third kappa shape index (κ3) is 2.96. The summed E-state index contributed by atoms with van der Waals surface area (Å²) in [6, 6.07) is -0.559. The van der Waals surface area contributed by atoms with Gasteiger partial charge in [0.15, 0.2) is 0 Å². The van der Waals surface area contributed by atoms with Crippen molar-refractivity contribution in [2.75, 3.05) is 13.1 Å². The van der Waals surface area contributed by atoms with Crippen LogP contribution in [0, 0.1) is 0 Å². The summed E-state index contributed by atoms with van der Waals surface area (Å²) in [4.78, 5) is 25.1. The zero-order valence-electron chi connectivity index (χ0n) is 12.6. The highest BCUT2D eigenvalue weighted by atomic mass is 16.5. The number of carboxylic acids is 1. The van der Waals surface area contributed by atoms with Crippen molar-refractivity contribution in [2.24, 2.45) is 0 Å². The molecule has 2 saturated heterocycles. The Balaban J connectivity index is 2.24. The van der Waals surface area contributed by atoms with Crippen LogP contribution in [-0.2, 0) is 14.3 Å². The van der Waals surface area contributed by atoms with E-state index < -0.39 is 17.6 Å². The standard InChI is InChI=1S/C14H24N2O4/c1-13(2)8-10(14(3,4)20-13)16-6-5-15-12(19)9(16)7-11(17)18/h9-10H,5-8H2,1-4H3,(H,15,19)(H,17,18). The summed E-state index contributed by atoms with van der Waals surface area (Å²) in [5.41, 5.74) is -0.645. The van der Waals surface area contributed by atoms with Crippen molar-refractivity contribution in [1.29, 1.82) is 0 Å². The van der Waals surface area contributed by atoms with Crippen LogP contribution in [0.1, 0.15) is 40.5 Å². The summed E-state index contributed by atoms with van der Waals surface area (Å²) in [6.45, 7) is 9.31. The van der Waals surface area contributed by atoms with Gasteiger partial charge in [-0.2, -0.15) is 0 Å². The molecule has 0 saturated carbocycles. The highest BCUT2D eigenvalue weighted by Gasteiger charge is 2.51. The van der Waals surface area contributed by atoms with Crippen LogP contribution in [-0.4, -0.2) is 58.3 Å². The van der Waals surface area contributed by atoms with E-state index in [2.05, 4.69) is 5.32 Å². The van der Waals surface area contributed by atoms with E-state index in [1.807, 2.05) is 32.6 Å². The highest BCUT2D eigenvalue weighted by Crippen LogP contribution is 2.41. The van der Waals surface area contributed by atoms with Crippen molar-refractivity contribution in [1.82, 2.24) is 10.2 Å². The molecular weight excluding hydrogens is 260 g/mol. The van der Waals surface area contributed by atoms with Gasteiger partial charge in [-0.25, -0.2) is 0 Å². The van der Waals surface area contributed by atoms with Crippen molar-refractivity contribution in [3.05, 3.63) is 0 Å². The summed E-state index contributed by atoms with van der Waals surface area (Å²) >= 11 is 0. The molecule has 6 nitrogen and oxygen atoms in total. The molecule has 0 radical (unpaired) electrons. The molecule has 2 fully saturated rings. The molecule has 2 N–H and O–H groups in total. The lowest BCUT2D eigenvalue weighted by atomic mass is 9.90. The SMILES string of the molecule is CC1(C)CC(N2CCNC(=O)C2CC(=O)O)C(C)(C)O1. The number of ether oxygens (including phenoxy) is 1. The number of rotatable bonds is 3. The van der Waals surface area contributed by atoms with Gasteiger partial charge >= 0.3 is 5.97 Å². The molecule has 0 spiro atoms. The molecule has 2 heterocycles. The normalized spacial score (nSPS) is 32.9. The number of nitrogens with one attached hydrogen (secondary N) is 1. The minimum Gasteiger partial charge on any atom is -0.481 e. The van der Waals surface area contributed by atoms with Crippen LogP contribution in [0.3, 0.4) is 0 Å². The summed E-state index contributed by atoms with van der Waals surface area (Å²) < 4.78 is 6.07. The van der Waals surface area contributed by atoms with Gasteiger partial charge in [0.1, 0.15) is 6.04 Å². The van der Waals surface area contributed by atoms with Gasteiger partial charge in [0.2, 0.25) is 5.91 Å². The molecule has 0 bridgehead atoms. The molecule has 2 atom stereocenters. The van der Waals surface area contributed by atoms with Gasteiger partial charge in [-0.3, -0.25) is 14.5 Å². The van der Waals surface area contributed by atoms with E-state index >= 15 is 0 Å². The van der Waals surface area contributed by atoms with E-state index in [1.54, 1.807) is 0 Å². The van der Waals surface area contributed by atoms with Gasteiger partial charge in [0, 0.05) is 19.1 Å². The van der Waals surface area contributed by atoms with E-state index in [0.29, 0.717) is 13.1 Å². The third-order valence-corrected chi connectivity index (χ3v) is 4.17. The molecule has 0 aromatic rings. The van der Waals surface area contributed by atoms with Gasteiger partial charge in [-0.15, -0.1) is 0 Å². The van der Waals surface area contributed by atoms with Crippen molar-refractivity contribution in [3.63, 3.8) is 0 Å². The lowest BCUT2D eigenvalue weighted by Gasteiger charge is -2.42. The molecule has 6 heteroatoms. The molecular formula is C14H24N2O4. The fourth-order valence-corrected chi connectivity index (χ4v) is 3.53. The Morgan fingerprint density at radius 2 is 2.10 bits per heavy atom. The van der Waals surface area contributed by atoms with E-state index in [-0.39, 0.29) is 24.0 Å². The molecule has 0 aliphatic carbocycles. The van der Waals surface area contributed by atoms with Crippen molar-refractivity contribution >= 4 is 11.9 Å². The van der Waals surface area contributed by atoms with E-state index in [0.717, 1.165) is 6.42 Å². The zero-order valence-corrected chi connectivity index (χ0v) is 12.6. The minimum atomic E-state index is -0.951. The van der Waals surface area contributed by atoms with E-state index in [9.17, 15) is 9.59 Å². The molecule has 1 amide bonds. The summed E-state index contributed by atoms with van der Waals surface area (Å²) in [5.74, 6) is -1.15. The van der Waals surface area contributed by atoms with Crippen LogP contribution in [0.5, 0.6) is 0 Å². The monoisotopic (exact) mass is 284 g/mol. The maximum absolute atomic E-state index is 12.0. The number of hydrogen-bond donors (Lipinski definition) is 2. The first-order chi connectivity index (χ1) is 9.12. The van der Waals surface area contributed by atoms with Crippen molar-refractivity contribution < 1.29 is 19.4 Å². The van der Waals surface area contributed by atoms with E-state index in [4.69, 9.17) is 9.84 Å². The number of piperazine rings is 1. The second-order valence-electron chi connectivity index (χ2n) is 6.83. The Kier molecular flexibility index (Phi) is 3.81. The quantitative estimate of drug-likeness (QED) is 0.794.